The smallest absolute Gasteiger partial charge is 0.271 e. The van der Waals surface area contributed by atoms with E-state index in [0.29, 0.717) is 16.6 Å². The topological polar surface area (TPSA) is 131 Å². The summed E-state index contributed by atoms with van der Waals surface area (Å²) < 4.78 is 1.72. The molecule has 0 unspecified atom stereocenters. The Morgan fingerprint density at radius 2 is 1.73 bits per heavy atom. The molecule has 9 nitrogen and oxygen atoms in total. The number of hydrogen-bond donors (Lipinski definition) is 1. The number of allylic oxidation sites excluding steroid dienone is 1. The van der Waals surface area contributed by atoms with Crippen molar-refractivity contribution in [2.24, 2.45) is 0 Å². The van der Waals surface area contributed by atoms with Crippen molar-refractivity contribution in [3.8, 4) is 6.07 Å². The van der Waals surface area contributed by atoms with E-state index in [0.717, 1.165) is 0 Å². The molecule has 0 fully saturated rings. The fourth-order valence-electron chi connectivity index (χ4n) is 2.41. The molecule has 0 bridgehead atoms. The molecule has 0 radical (unpaired) electrons. The van der Waals surface area contributed by atoms with Gasteiger partial charge in [0, 0.05) is 30.5 Å². The number of aromatic amines is 1. The molecule has 3 rings (SSSR count). The van der Waals surface area contributed by atoms with Crippen molar-refractivity contribution in [1.29, 1.82) is 5.26 Å². The molecule has 0 aliphatic heterocycles. The van der Waals surface area contributed by atoms with Crippen molar-refractivity contribution >= 4 is 46.4 Å². The molecule has 128 valence electrons. The molecule has 0 amide bonds. The van der Waals surface area contributed by atoms with Crippen molar-refractivity contribution in [3.63, 3.8) is 0 Å². The average Bonchev–Trinajstić information content (AvgIpc) is 2.94. The van der Waals surface area contributed by atoms with Crippen LogP contribution in [0.1, 0.15) is 5.56 Å². The lowest BCUT2D eigenvalue weighted by molar-refractivity contribution is -0.385. The molecule has 1 aromatic heterocycles. The largest absolute Gasteiger partial charge is 0.330 e. The summed E-state index contributed by atoms with van der Waals surface area (Å²) in [6.07, 6.45) is 1.44. The predicted molar refractivity (Wildman–Crippen MR) is 96.7 cm³/mol. The maximum absolute atomic E-state index is 11.0. The van der Waals surface area contributed by atoms with Gasteiger partial charge >= 0.3 is 0 Å². The van der Waals surface area contributed by atoms with E-state index in [2.05, 4.69) is 4.98 Å². The Kier molecular flexibility index (Phi) is 4.30. The number of nitriles is 1. The van der Waals surface area contributed by atoms with E-state index in [4.69, 9.17) is 12.2 Å². The Labute approximate surface area is 150 Å². The summed E-state index contributed by atoms with van der Waals surface area (Å²) in [4.78, 5) is 23.6. The Hall–Kier alpha value is -3.84. The van der Waals surface area contributed by atoms with Crippen LogP contribution in [0, 0.1) is 36.3 Å². The van der Waals surface area contributed by atoms with Gasteiger partial charge in [-0.15, -0.1) is 0 Å². The highest BCUT2D eigenvalue weighted by atomic mass is 32.1. The number of nitro groups is 2. The van der Waals surface area contributed by atoms with Crippen LogP contribution in [-0.4, -0.2) is 19.4 Å². The van der Waals surface area contributed by atoms with Gasteiger partial charge in [0.05, 0.1) is 26.5 Å². The van der Waals surface area contributed by atoms with Gasteiger partial charge in [-0.3, -0.25) is 24.8 Å². The Bertz CT molecular complexity index is 1170. The normalized spacial score (nSPS) is 11.3. The van der Waals surface area contributed by atoms with Gasteiger partial charge in [-0.1, -0.05) is 0 Å². The molecule has 2 aromatic carbocycles. The Balaban J connectivity index is 2.15. The third kappa shape index (κ3) is 3.06. The van der Waals surface area contributed by atoms with E-state index in [1.54, 1.807) is 0 Å². The minimum Gasteiger partial charge on any atom is -0.330 e. The maximum atomic E-state index is 11.0. The number of imidazole rings is 1. The summed E-state index contributed by atoms with van der Waals surface area (Å²) in [6.45, 7) is 0. The Morgan fingerprint density at radius 3 is 2.31 bits per heavy atom. The fourth-order valence-corrected chi connectivity index (χ4v) is 2.67. The standard InChI is InChI=1S/C16H9N5O4S/c17-8-11(10-1-3-12(4-2-10)20(22)23)9-19-15-7-13(21(24)25)5-6-14(15)18-16(19)26/h1-7,9H,(H,18,26)/b11-9-. The van der Waals surface area contributed by atoms with Gasteiger partial charge in [0.15, 0.2) is 4.77 Å². The fraction of sp³-hybridized carbons (Fsp3) is 0. The van der Waals surface area contributed by atoms with Crippen LogP contribution in [0.15, 0.2) is 42.5 Å². The minimum absolute atomic E-state index is 0.0922. The van der Waals surface area contributed by atoms with E-state index < -0.39 is 9.85 Å². The van der Waals surface area contributed by atoms with Crippen molar-refractivity contribution in [2.75, 3.05) is 0 Å². The number of rotatable bonds is 4. The Morgan fingerprint density at radius 1 is 1.12 bits per heavy atom. The molecular weight excluding hydrogens is 358 g/mol. The maximum Gasteiger partial charge on any atom is 0.271 e. The van der Waals surface area contributed by atoms with Crippen LogP contribution in [0.25, 0.3) is 22.8 Å². The van der Waals surface area contributed by atoms with Crippen LogP contribution in [0.5, 0.6) is 0 Å². The zero-order valence-corrected chi connectivity index (χ0v) is 13.8. The molecule has 0 saturated heterocycles. The number of hydrogen-bond acceptors (Lipinski definition) is 6. The van der Waals surface area contributed by atoms with Gasteiger partial charge in [-0.05, 0) is 36.0 Å². The van der Waals surface area contributed by atoms with Gasteiger partial charge in [0.1, 0.15) is 6.07 Å². The van der Waals surface area contributed by atoms with Crippen molar-refractivity contribution in [3.05, 3.63) is 73.0 Å². The molecular formula is C16H9N5O4S. The number of H-pyrrole nitrogens is 1. The lowest BCUT2D eigenvalue weighted by Crippen LogP contribution is -1.92. The second-order valence-electron chi connectivity index (χ2n) is 5.22. The molecule has 3 aromatic rings. The van der Waals surface area contributed by atoms with Crippen LogP contribution in [0.3, 0.4) is 0 Å². The van der Waals surface area contributed by atoms with Gasteiger partial charge in [0.25, 0.3) is 11.4 Å². The van der Waals surface area contributed by atoms with Crippen LogP contribution in [0.4, 0.5) is 11.4 Å². The first-order valence-corrected chi connectivity index (χ1v) is 7.57. The van der Waals surface area contributed by atoms with Gasteiger partial charge < -0.3 is 4.98 Å². The summed E-state index contributed by atoms with van der Waals surface area (Å²) >= 11 is 5.23. The highest BCUT2D eigenvalue weighted by molar-refractivity contribution is 7.71. The number of non-ortho nitro benzene ring substituents is 2. The van der Waals surface area contributed by atoms with Crippen molar-refractivity contribution in [2.45, 2.75) is 0 Å². The number of nitrogens with one attached hydrogen (secondary N) is 1. The van der Waals surface area contributed by atoms with E-state index in [-0.39, 0.29) is 21.7 Å². The van der Waals surface area contributed by atoms with E-state index in [1.165, 1.54) is 53.2 Å². The summed E-state index contributed by atoms with van der Waals surface area (Å²) in [6, 6.07) is 11.7. The lowest BCUT2D eigenvalue weighted by Gasteiger charge is -2.02. The third-order valence-corrected chi connectivity index (χ3v) is 3.98. The number of nitro benzene ring substituents is 2. The summed E-state index contributed by atoms with van der Waals surface area (Å²) in [5.74, 6) is 0. The van der Waals surface area contributed by atoms with Crippen LogP contribution >= 0.6 is 12.2 Å². The summed E-state index contributed by atoms with van der Waals surface area (Å²) in [7, 11) is 0. The second kappa shape index (κ2) is 6.58. The minimum atomic E-state index is -0.533. The predicted octanol–water partition coefficient (Wildman–Crippen LogP) is 4.04. The highest BCUT2D eigenvalue weighted by Crippen LogP contribution is 2.24. The van der Waals surface area contributed by atoms with Crippen molar-refractivity contribution in [1.82, 2.24) is 9.55 Å². The van der Waals surface area contributed by atoms with Gasteiger partial charge in [-0.25, -0.2) is 0 Å². The molecule has 0 saturated carbocycles. The molecule has 1 N–H and O–H groups in total. The number of aromatic nitrogens is 2. The zero-order valence-electron chi connectivity index (χ0n) is 12.9. The number of fused-ring (bicyclic) bond motifs is 1. The summed E-state index contributed by atoms with van der Waals surface area (Å²) in [5.41, 5.74) is 1.48. The van der Waals surface area contributed by atoms with Crippen molar-refractivity contribution < 1.29 is 9.85 Å². The first-order chi connectivity index (χ1) is 12.4. The lowest BCUT2D eigenvalue weighted by atomic mass is 10.1. The highest BCUT2D eigenvalue weighted by Gasteiger charge is 2.12. The molecule has 0 spiro atoms. The van der Waals surface area contributed by atoms with E-state index >= 15 is 0 Å². The quantitative estimate of drug-likeness (QED) is 0.320. The summed E-state index contributed by atoms with van der Waals surface area (Å²) in [5, 5.41) is 31.2. The molecule has 1 heterocycles. The molecule has 10 heteroatoms. The third-order valence-electron chi connectivity index (χ3n) is 3.68. The first-order valence-electron chi connectivity index (χ1n) is 7.16. The van der Waals surface area contributed by atoms with Gasteiger partial charge in [-0.2, -0.15) is 5.26 Å². The number of benzene rings is 2. The van der Waals surface area contributed by atoms with E-state index in [9.17, 15) is 25.5 Å². The molecule has 0 aliphatic carbocycles. The first kappa shape index (κ1) is 17.0. The van der Waals surface area contributed by atoms with Crippen LogP contribution < -0.4 is 0 Å². The second-order valence-corrected chi connectivity index (χ2v) is 5.60. The molecule has 0 aliphatic rings. The SMILES string of the molecule is N#C/C(=C/n1c(=S)[nH]c2ccc([N+](=O)[O-])cc21)c1ccc([N+](=O)[O-])cc1. The zero-order chi connectivity index (χ0) is 18.8. The molecule has 26 heavy (non-hydrogen) atoms. The van der Waals surface area contributed by atoms with Gasteiger partial charge in [0.2, 0.25) is 0 Å². The number of nitrogens with zero attached hydrogens (tertiary/aromatic N) is 4. The van der Waals surface area contributed by atoms with Crippen LogP contribution in [0.2, 0.25) is 0 Å². The molecule has 0 atom stereocenters. The van der Waals surface area contributed by atoms with E-state index in [1.807, 2.05) is 6.07 Å². The monoisotopic (exact) mass is 367 g/mol. The average molecular weight is 367 g/mol. The van der Waals surface area contributed by atoms with Crippen LogP contribution in [-0.2, 0) is 0 Å².